The van der Waals surface area contributed by atoms with Crippen LogP contribution in [0.15, 0.2) is 46.9 Å². The molecule has 26 heavy (non-hydrogen) atoms. The van der Waals surface area contributed by atoms with Gasteiger partial charge < -0.3 is 4.74 Å². The van der Waals surface area contributed by atoms with Gasteiger partial charge in [0.05, 0.1) is 0 Å². The molecular weight excluding hydrogens is 418 g/mol. The Kier molecular flexibility index (Phi) is 7.11. The predicted octanol–water partition coefficient (Wildman–Crippen LogP) is 2.78. The van der Waals surface area contributed by atoms with E-state index in [9.17, 15) is 9.59 Å². The minimum Gasteiger partial charge on any atom is -0.483 e. The zero-order valence-electron chi connectivity index (χ0n) is 14.3. The van der Waals surface area contributed by atoms with Crippen LogP contribution in [0.3, 0.4) is 0 Å². The Bertz CT molecular complexity index is 825. The van der Waals surface area contributed by atoms with Crippen LogP contribution < -0.4 is 20.9 Å². The lowest BCUT2D eigenvalue weighted by Gasteiger charge is -2.12. The average Bonchev–Trinajstić information content (AvgIpc) is 2.59. The molecule has 0 fully saturated rings. The number of hydrazine groups is 1. The maximum Gasteiger partial charge on any atom is 0.269 e. The van der Waals surface area contributed by atoms with Crippen molar-refractivity contribution in [1.82, 2.24) is 16.2 Å². The summed E-state index contributed by atoms with van der Waals surface area (Å²) in [6.07, 6.45) is 0. The molecule has 0 aliphatic rings. The highest BCUT2D eigenvalue weighted by Gasteiger charge is 2.09. The fourth-order valence-corrected chi connectivity index (χ4v) is 2.64. The highest BCUT2D eigenvalue weighted by molar-refractivity contribution is 9.10. The van der Waals surface area contributed by atoms with E-state index in [0.717, 1.165) is 15.6 Å². The summed E-state index contributed by atoms with van der Waals surface area (Å²) in [6.45, 7) is 3.61. The van der Waals surface area contributed by atoms with Gasteiger partial charge in [-0.3, -0.25) is 25.8 Å². The van der Waals surface area contributed by atoms with Crippen molar-refractivity contribution in [2.75, 3.05) is 6.61 Å². The number of carbonyl (C=O) groups is 2. The number of halogens is 1. The van der Waals surface area contributed by atoms with Crippen molar-refractivity contribution in [2.24, 2.45) is 0 Å². The first-order chi connectivity index (χ1) is 12.3. The number of thiocarbonyl (C=S) groups is 1. The molecule has 0 spiro atoms. The van der Waals surface area contributed by atoms with Gasteiger partial charge in [-0.05, 0) is 62.0 Å². The van der Waals surface area contributed by atoms with Crippen LogP contribution in [-0.2, 0) is 4.79 Å². The zero-order chi connectivity index (χ0) is 19.1. The molecule has 2 rings (SSSR count). The van der Waals surface area contributed by atoms with Crippen LogP contribution in [0.5, 0.6) is 5.75 Å². The highest BCUT2D eigenvalue weighted by atomic mass is 79.9. The van der Waals surface area contributed by atoms with Gasteiger partial charge in [0.1, 0.15) is 5.75 Å². The molecule has 2 aromatic rings. The summed E-state index contributed by atoms with van der Waals surface area (Å²) < 4.78 is 6.38. The monoisotopic (exact) mass is 435 g/mol. The first-order valence-corrected chi connectivity index (χ1v) is 8.91. The summed E-state index contributed by atoms with van der Waals surface area (Å²) in [4.78, 5) is 23.8. The van der Waals surface area contributed by atoms with Crippen LogP contribution in [0.25, 0.3) is 0 Å². The van der Waals surface area contributed by atoms with Gasteiger partial charge >= 0.3 is 0 Å². The maximum atomic E-state index is 11.9. The third-order valence-electron chi connectivity index (χ3n) is 3.35. The molecule has 0 aromatic heterocycles. The number of aryl methyl sites for hydroxylation is 2. The van der Waals surface area contributed by atoms with Gasteiger partial charge in [-0.2, -0.15) is 0 Å². The second-order valence-corrected chi connectivity index (χ2v) is 6.84. The molecule has 0 atom stereocenters. The van der Waals surface area contributed by atoms with E-state index in [1.54, 1.807) is 18.2 Å². The highest BCUT2D eigenvalue weighted by Crippen LogP contribution is 2.21. The van der Waals surface area contributed by atoms with Crippen LogP contribution in [0, 0.1) is 13.8 Å². The molecular formula is C18H18BrN3O3S. The van der Waals surface area contributed by atoms with Crippen LogP contribution in [0.4, 0.5) is 0 Å². The van der Waals surface area contributed by atoms with Crippen molar-refractivity contribution >= 4 is 45.1 Å². The summed E-state index contributed by atoms with van der Waals surface area (Å²) >= 11 is 8.34. The van der Waals surface area contributed by atoms with Gasteiger partial charge in [0.2, 0.25) is 0 Å². The number of benzene rings is 2. The molecule has 0 saturated carbocycles. The Labute approximate surface area is 165 Å². The van der Waals surface area contributed by atoms with E-state index >= 15 is 0 Å². The average molecular weight is 436 g/mol. The number of hydrogen-bond donors (Lipinski definition) is 3. The lowest BCUT2D eigenvalue weighted by Crippen LogP contribution is -2.49. The van der Waals surface area contributed by atoms with E-state index < -0.39 is 5.91 Å². The lowest BCUT2D eigenvalue weighted by molar-refractivity contribution is -0.121. The quantitative estimate of drug-likeness (QED) is 0.508. The number of amides is 2. The van der Waals surface area contributed by atoms with E-state index in [1.807, 2.05) is 38.1 Å². The largest absolute Gasteiger partial charge is 0.483 e. The van der Waals surface area contributed by atoms with Crippen LogP contribution in [-0.4, -0.2) is 23.5 Å². The topological polar surface area (TPSA) is 79.5 Å². The third-order valence-corrected chi connectivity index (χ3v) is 4.05. The van der Waals surface area contributed by atoms with E-state index in [0.29, 0.717) is 11.3 Å². The van der Waals surface area contributed by atoms with Crippen molar-refractivity contribution < 1.29 is 14.3 Å². The standard InChI is InChI=1S/C18H18BrN3O3S/c1-11-3-5-13(6-4-11)17(24)21-22-18(26)20-16(23)10-25-15-8-7-14(19)9-12(15)2/h3-9H,10H2,1-2H3,(H,21,24)(H2,20,22,23,26). The van der Waals surface area contributed by atoms with Gasteiger partial charge in [-0.15, -0.1) is 0 Å². The van der Waals surface area contributed by atoms with E-state index in [-0.39, 0.29) is 17.6 Å². The van der Waals surface area contributed by atoms with Gasteiger partial charge in [0, 0.05) is 10.0 Å². The Morgan fingerprint density at radius 1 is 1.08 bits per heavy atom. The lowest BCUT2D eigenvalue weighted by atomic mass is 10.1. The Balaban J connectivity index is 1.75. The van der Waals surface area contributed by atoms with Gasteiger partial charge in [0.25, 0.3) is 11.8 Å². The molecule has 0 heterocycles. The van der Waals surface area contributed by atoms with Crippen LogP contribution in [0.2, 0.25) is 0 Å². The molecule has 0 bridgehead atoms. The normalized spacial score (nSPS) is 9.96. The van der Waals surface area contributed by atoms with Crippen molar-refractivity contribution in [3.05, 3.63) is 63.6 Å². The Morgan fingerprint density at radius 2 is 1.77 bits per heavy atom. The predicted molar refractivity (Wildman–Crippen MR) is 107 cm³/mol. The van der Waals surface area contributed by atoms with Crippen molar-refractivity contribution in [3.63, 3.8) is 0 Å². The Morgan fingerprint density at radius 3 is 2.42 bits per heavy atom. The minimum absolute atomic E-state index is 0.0217. The van der Waals surface area contributed by atoms with Gasteiger partial charge in [-0.1, -0.05) is 33.6 Å². The number of hydrogen-bond acceptors (Lipinski definition) is 4. The number of ether oxygens (including phenoxy) is 1. The molecule has 6 nitrogen and oxygen atoms in total. The fraction of sp³-hybridized carbons (Fsp3) is 0.167. The summed E-state index contributed by atoms with van der Waals surface area (Å²) in [5, 5.41) is 2.41. The number of rotatable bonds is 4. The smallest absolute Gasteiger partial charge is 0.269 e. The molecule has 0 aliphatic heterocycles. The second-order valence-electron chi connectivity index (χ2n) is 5.52. The SMILES string of the molecule is Cc1ccc(C(=O)NNC(=S)NC(=O)COc2ccc(Br)cc2C)cc1. The van der Waals surface area contributed by atoms with E-state index in [1.165, 1.54) is 0 Å². The molecule has 0 radical (unpaired) electrons. The molecule has 0 saturated heterocycles. The van der Waals surface area contributed by atoms with Crippen LogP contribution in [0.1, 0.15) is 21.5 Å². The minimum atomic E-state index is -0.436. The molecule has 136 valence electrons. The Hall–Kier alpha value is -2.45. The first-order valence-electron chi connectivity index (χ1n) is 7.71. The molecule has 8 heteroatoms. The fourth-order valence-electron chi connectivity index (χ4n) is 2.00. The van der Waals surface area contributed by atoms with Crippen molar-refractivity contribution in [2.45, 2.75) is 13.8 Å². The van der Waals surface area contributed by atoms with E-state index in [4.69, 9.17) is 17.0 Å². The molecule has 0 unspecified atom stereocenters. The summed E-state index contributed by atoms with van der Waals surface area (Å²) in [5.74, 6) is -0.187. The summed E-state index contributed by atoms with van der Waals surface area (Å²) in [7, 11) is 0. The molecule has 2 aromatic carbocycles. The number of nitrogens with one attached hydrogen (secondary N) is 3. The second kappa shape index (κ2) is 9.30. The maximum absolute atomic E-state index is 11.9. The first kappa shape index (κ1) is 19.9. The van der Waals surface area contributed by atoms with E-state index in [2.05, 4.69) is 32.1 Å². The third kappa shape index (κ3) is 6.12. The van der Waals surface area contributed by atoms with Crippen molar-refractivity contribution in [3.8, 4) is 5.75 Å². The van der Waals surface area contributed by atoms with Crippen molar-refractivity contribution in [1.29, 1.82) is 0 Å². The zero-order valence-corrected chi connectivity index (χ0v) is 16.7. The number of carbonyl (C=O) groups excluding carboxylic acids is 2. The van der Waals surface area contributed by atoms with Crippen LogP contribution >= 0.6 is 28.1 Å². The molecule has 3 N–H and O–H groups in total. The summed E-state index contributed by atoms with van der Waals surface area (Å²) in [6, 6.07) is 12.5. The molecule has 2 amide bonds. The molecule has 0 aliphatic carbocycles. The summed E-state index contributed by atoms with van der Waals surface area (Å²) in [5.41, 5.74) is 7.34. The van der Waals surface area contributed by atoms with Gasteiger partial charge in [-0.25, -0.2) is 0 Å². The van der Waals surface area contributed by atoms with Gasteiger partial charge in [0.15, 0.2) is 11.7 Å².